The number of hydrogen-bond acceptors (Lipinski definition) is 4. The Hall–Kier alpha value is -1.47. The van der Waals surface area contributed by atoms with Gasteiger partial charge in [0.25, 0.3) is 0 Å². The zero-order valence-electron chi connectivity index (χ0n) is 11.9. The van der Waals surface area contributed by atoms with Crippen molar-refractivity contribution in [2.24, 2.45) is 7.05 Å². The number of rotatable bonds is 2. The van der Waals surface area contributed by atoms with Crippen LogP contribution >= 0.6 is 0 Å². The molecule has 108 valence electrons. The summed E-state index contributed by atoms with van der Waals surface area (Å²) in [5, 5.41) is 7.89. The second-order valence-electron chi connectivity index (χ2n) is 5.86. The minimum atomic E-state index is -3.47. The van der Waals surface area contributed by atoms with Crippen molar-refractivity contribution in [1.29, 1.82) is 0 Å². The van der Waals surface area contributed by atoms with Crippen LogP contribution in [0.2, 0.25) is 0 Å². The summed E-state index contributed by atoms with van der Waals surface area (Å²) in [6, 6.07) is 4.99. The standard InChI is InChI=1S/C13H18N4O2S/c1-13(2)7-4-8-17(13)20(18,19)10-5-6-12-11(9-10)14-15-16(12)3/h5-6,9H,4,7-8H2,1-3H3. The lowest BCUT2D eigenvalue weighted by molar-refractivity contribution is 0.292. The minimum absolute atomic E-state index is 0.292. The summed E-state index contributed by atoms with van der Waals surface area (Å²) < 4.78 is 28.8. The minimum Gasteiger partial charge on any atom is -0.248 e. The van der Waals surface area contributed by atoms with Crippen molar-refractivity contribution in [2.75, 3.05) is 6.54 Å². The molecule has 0 amide bonds. The zero-order chi connectivity index (χ0) is 14.5. The highest BCUT2D eigenvalue weighted by atomic mass is 32.2. The Morgan fingerprint density at radius 2 is 2.05 bits per heavy atom. The van der Waals surface area contributed by atoms with E-state index in [1.165, 1.54) is 0 Å². The first-order valence-electron chi connectivity index (χ1n) is 6.65. The van der Waals surface area contributed by atoms with E-state index in [0.717, 1.165) is 18.4 Å². The van der Waals surface area contributed by atoms with Gasteiger partial charge in [-0.2, -0.15) is 4.31 Å². The van der Waals surface area contributed by atoms with E-state index in [4.69, 9.17) is 0 Å². The SMILES string of the molecule is Cn1nnc2cc(S(=O)(=O)N3CCCC3(C)C)ccc21. The van der Waals surface area contributed by atoms with Crippen LogP contribution in [0, 0.1) is 0 Å². The van der Waals surface area contributed by atoms with Gasteiger partial charge in [-0.1, -0.05) is 5.21 Å². The average Bonchev–Trinajstić information content (AvgIpc) is 2.92. The van der Waals surface area contributed by atoms with Crippen molar-refractivity contribution in [2.45, 2.75) is 37.1 Å². The summed E-state index contributed by atoms with van der Waals surface area (Å²) in [4.78, 5) is 0.292. The molecule has 6 nitrogen and oxygen atoms in total. The van der Waals surface area contributed by atoms with Crippen LogP contribution in [-0.2, 0) is 17.1 Å². The number of fused-ring (bicyclic) bond motifs is 1. The van der Waals surface area contributed by atoms with E-state index in [0.29, 0.717) is 17.0 Å². The van der Waals surface area contributed by atoms with Gasteiger partial charge < -0.3 is 0 Å². The topological polar surface area (TPSA) is 68.1 Å². The quantitative estimate of drug-likeness (QED) is 0.842. The number of aromatic nitrogens is 3. The summed E-state index contributed by atoms with van der Waals surface area (Å²) in [5.74, 6) is 0. The van der Waals surface area contributed by atoms with Gasteiger partial charge in [-0.05, 0) is 44.9 Å². The monoisotopic (exact) mass is 294 g/mol. The summed E-state index contributed by atoms with van der Waals surface area (Å²) >= 11 is 0. The Labute approximate surface area is 118 Å². The van der Waals surface area contributed by atoms with Crippen molar-refractivity contribution < 1.29 is 8.42 Å². The molecule has 1 aliphatic rings. The highest BCUT2D eigenvalue weighted by Crippen LogP contribution is 2.34. The molecular formula is C13H18N4O2S. The number of hydrogen-bond donors (Lipinski definition) is 0. The third kappa shape index (κ3) is 1.92. The maximum Gasteiger partial charge on any atom is 0.243 e. The largest absolute Gasteiger partial charge is 0.248 e. The molecule has 0 unspecified atom stereocenters. The van der Waals surface area contributed by atoms with Gasteiger partial charge in [-0.25, -0.2) is 13.1 Å². The molecule has 1 saturated heterocycles. The fraction of sp³-hybridized carbons (Fsp3) is 0.538. The molecule has 1 aromatic carbocycles. The smallest absolute Gasteiger partial charge is 0.243 e. The first-order chi connectivity index (χ1) is 9.32. The van der Waals surface area contributed by atoms with Crippen molar-refractivity contribution in [3.63, 3.8) is 0 Å². The highest BCUT2D eigenvalue weighted by molar-refractivity contribution is 7.89. The Kier molecular flexibility index (Phi) is 2.88. The van der Waals surface area contributed by atoms with Crippen molar-refractivity contribution in [3.8, 4) is 0 Å². The van der Waals surface area contributed by atoms with E-state index in [2.05, 4.69) is 10.3 Å². The van der Waals surface area contributed by atoms with Crippen molar-refractivity contribution >= 4 is 21.1 Å². The molecule has 0 aliphatic carbocycles. The first kappa shape index (κ1) is 13.5. The van der Waals surface area contributed by atoms with E-state index in [-0.39, 0.29) is 5.54 Å². The maximum absolute atomic E-state index is 12.8. The third-order valence-corrected chi connectivity index (χ3v) is 6.10. The molecule has 1 aromatic heterocycles. The van der Waals surface area contributed by atoms with Gasteiger partial charge in [0.2, 0.25) is 10.0 Å². The molecule has 0 bridgehead atoms. The van der Waals surface area contributed by atoms with Gasteiger partial charge in [0, 0.05) is 19.1 Å². The predicted octanol–water partition coefficient (Wildman–Crippen LogP) is 1.53. The maximum atomic E-state index is 12.8. The molecule has 0 N–H and O–H groups in total. The van der Waals surface area contributed by atoms with Gasteiger partial charge in [0.15, 0.2) is 0 Å². The van der Waals surface area contributed by atoms with E-state index in [9.17, 15) is 8.42 Å². The summed E-state index contributed by atoms with van der Waals surface area (Å²) in [7, 11) is -1.69. The summed E-state index contributed by atoms with van der Waals surface area (Å²) in [6.07, 6.45) is 1.79. The van der Waals surface area contributed by atoms with Crippen LogP contribution in [0.5, 0.6) is 0 Å². The van der Waals surface area contributed by atoms with Crippen LogP contribution in [0.1, 0.15) is 26.7 Å². The van der Waals surface area contributed by atoms with Crippen LogP contribution in [0.3, 0.4) is 0 Å². The number of sulfonamides is 1. The molecule has 2 heterocycles. The molecule has 0 saturated carbocycles. The third-order valence-electron chi connectivity index (χ3n) is 4.00. The summed E-state index contributed by atoms with van der Waals surface area (Å²) in [5.41, 5.74) is 1.10. The van der Waals surface area contributed by atoms with Gasteiger partial charge in [0.1, 0.15) is 5.52 Å². The molecule has 0 radical (unpaired) electrons. The van der Waals surface area contributed by atoms with E-state index < -0.39 is 10.0 Å². The number of nitrogens with zero attached hydrogens (tertiary/aromatic N) is 4. The fourth-order valence-electron chi connectivity index (χ4n) is 2.84. The van der Waals surface area contributed by atoms with Crippen LogP contribution in [-0.4, -0.2) is 39.8 Å². The van der Waals surface area contributed by atoms with E-state index in [1.54, 1.807) is 34.2 Å². The highest BCUT2D eigenvalue weighted by Gasteiger charge is 2.40. The second-order valence-corrected chi connectivity index (χ2v) is 7.72. The molecule has 2 aromatic rings. The van der Waals surface area contributed by atoms with E-state index in [1.807, 2.05) is 13.8 Å². The van der Waals surface area contributed by atoms with Gasteiger partial charge in [-0.15, -0.1) is 5.10 Å². The average molecular weight is 294 g/mol. The van der Waals surface area contributed by atoms with Crippen molar-refractivity contribution in [1.82, 2.24) is 19.3 Å². The van der Waals surface area contributed by atoms with E-state index >= 15 is 0 Å². The Morgan fingerprint density at radius 1 is 1.30 bits per heavy atom. The molecule has 1 aliphatic heterocycles. The molecule has 1 fully saturated rings. The van der Waals surface area contributed by atoms with Gasteiger partial charge >= 0.3 is 0 Å². The normalized spacial score (nSPS) is 19.8. The van der Waals surface area contributed by atoms with Crippen LogP contribution in [0.4, 0.5) is 0 Å². The van der Waals surface area contributed by atoms with Crippen LogP contribution < -0.4 is 0 Å². The summed E-state index contributed by atoms with van der Waals surface area (Å²) in [6.45, 7) is 4.52. The Morgan fingerprint density at radius 3 is 2.70 bits per heavy atom. The van der Waals surface area contributed by atoms with Crippen LogP contribution in [0.25, 0.3) is 11.0 Å². The van der Waals surface area contributed by atoms with Gasteiger partial charge in [-0.3, -0.25) is 0 Å². The molecule has 7 heteroatoms. The molecule has 20 heavy (non-hydrogen) atoms. The fourth-order valence-corrected chi connectivity index (χ4v) is 4.70. The lowest BCUT2D eigenvalue weighted by atomic mass is 10.0. The number of aryl methyl sites for hydroxylation is 1. The molecule has 0 spiro atoms. The lowest BCUT2D eigenvalue weighted by Gasteiger charge is -2.30. The second kappa shape index (κ2) is 4.26. The van der Waals surface area contributed by atoms with Crippen LogP contribution in [0.15, 0.2) is 23.1 Å². The lowest BCUT2D eigenvalue weighted by Crippen LogP contribution is -2.42. The Balaban J connectivity index is 2.09. The molecular weight excluding hydrogens is 276 g/mol. The number of benzene rings is 1. The molecule has 0 atom stereocenters. The van der Waals surface area contributed by atoms with Crippen molar-refractivity contribution in [3.05, 3.63) is 18.2 Å². The predicted molar refractivity (Wildman–Crippen MR) is 75.7 cm³/mol. The molecule has 3 rings (SSSR count). The Bertz CT molecular complexity index is 764. The first-order valence-corrected chi connectivity index (χ1v) is 8.09. The van der Waals surface area contributed by atoms with Gasteiger partial charge in [0.05, 0.1) is 10.4 Å². The zero-order valence-corrected chi connectivity index (χ0v) is 12.7.